The van der Waals surface area contributed by atoms with E-state index in [0.29, 0.717) is 48.4 Å². The maximum atomic E-state index is 13.7. The number of carbonyl (C=O) groups is 1. The van der Waals surface area contributed by atoms with Gasteiger partial charge in [-0.25, -0.2) is 4.98 Å². The molecule has 3 N–H and O–H groups in total. The minimum atomic E-state index is -0.912. The fourth-order valence-corrected chi connectivity index (χ4v) is 5.59. The lowest BCUT2D eigenvalue weighted by Gasteiger charge is -2.35. The van der Waals surface area contributed by atoms with Crippen molar-refractivity contribution in [1.29, 1.82) is 0 Å². The average Bonchev–Trinajstić information content (AvgIpc) is 3.59. The minimum Gasteiger partial charge on any atom is -0.338 e. The van der Waals surface area contributed by atoms with Gasteiger partial charge in [-0.15, -0.1) is 0 Å². The van der Waals surface area contributed by atoms with E-state index in [9.17, 15) is 4.79 Å². The van der Waals surface area contributed by atoms with E-state index in [1.54, 1.807) is 18.6 Å². The Bertz CT molecular complexity index is 1330. The fraction of sp³-hybridized carbons (Fsp3) is 0.577. The van der Waals surface area contributed by atoms with Gasteiger partial charge in [-0.3, -0.25) is 14.9 Å². The molecule has 1 atom stereocenters. The molecule has 1 aliphatic carbocycles. The molecule has 13 heteroatoms. The van der Waals surface area contributed by atoms with Gasteiger partial charge in [0, 0.05) is 62.8 Å². The van der Waals surface area contributed by atoms with E-state index in [0.717, 1.165) is 31.9 Å². The summed E-state index contributed by atoms with van der Waals surface area (Å²) in [6.07, 6.45) is 7.67. The minimum absolute atomic E-state index is 0.149. The van der Waals surface area contributed by atoms with Gasteiger partial charge >= 0.3 is 0 Å². The van der Waals surface area contributed by atoms with Gasteiger partial charge in [0.05, 0.1) is 6.20 Å². The van der Waals surface area contributed by atoms with Crippen LogP contribution in [0.3, 0.4) is 0 Å². The number of likely N-dealkylation sites (N-methyl/N-ethyl adjacent to an activating group) is 1. The standard InChI is InChI=1S/C26H36N12O/c1-25(2)15-26(3,21(39)29-20-14-27-7-8-28-20)38(16-25)24-32-22(30-19-13-18(34-35-19)17-5-6-17)31-23(33-24)37-11-9-36(4)10-12-37/h7-8,13-14,17H,5-6,9-12,15-16H2,1-4H3,(H,28,29,39)(H2,30,31,32,33,34,35). The number of nitrogens with one attached hydrogen (secondary N) is 3. The van der Waals surface area contributed by atoms with Gasteiger partial charge in [-0.2, -0.15) is 20.1 Å². The highest BCUT2D eigenvalue weighted by Crippen LogP contribution is 2.44. The number of amides is 1. The summed E-state index contributed by atoms with van der Waals surface area (Å²) in [5.74, 6) is 2.92. The van der Waals surface area contributed by atoms with Crippen molar-refractivity contribution in [2.45, 2.75) is 51.5 Å². The molecule has 1 amide bonds. The van der Waals surface area contributed by atoms with E-state index >= 15 is 0 Å². The molecule has 5 heterocycles. The molecule has 3 aliphatic rings. The monoisotopic (exact) mass is 532 g/mol. The summed E-state index contributed by atoms with van der Waals surface area (Å²) in [7, 11) is 2.12. The van der Waals surface area contributed by atoms with E-state index in [2.05, 4.69) is 61.5 Å². The van der Waals surface area contributed by atoms with Gasteiger partial charge in [-0.05, 0) is 38.6 Å². The number of carbonyl (C=O) groups excluding carboxylic acids is 1. The quantitative estimate of drug-likeness (QED) is 0.412. The second kappa shape index (κ2) is 9.70. The third kappa shape index (κ3) is 5.35. The normalized spacial score (nSPS) is 23.2. The molecular weight excluding hydrogens is 496 g/mol. The highest BCUT2D eigenvalue weighted by atomic mass is 16.2. The van der Waals surface area contributed by atoms with Crippen LogP contribution >= 0.6 is 0 Å². The predicted octanol–water partition coefficient (Wildman–Crippen LogP) is 2.39. The number of anilines is 5. The van der Waals surface area contributed by atoms with Gasteiger partial charge in [0.15, 0.2) is 11.6 Å². The second-order valence-electron chi connectivity index (χ2n) is 11.9. The Balaban J connectivity index is 1.35. The molecule has 206 valence electrons. The van der Waals surface area contributed by atoms with Crippen LogP contribution in [-0.2, 0) is 4.79 Å². The molecule has 0 spiro atoms. The van der Waals surface area contributed by atoms with Crippen molar-refractivity contribution in [3.8, 4) is 0 Å². The van der Waals surface area contributed by atoms with Gasteiger partial charge in [0.25, 0.3) is 5.91 Å². The molecule has 3 aromatic heterocycles. The summed E-state index contributed by atoms with van der Waals surface area (Å²) in [5, 5.41) is 13.8. The van der Waals surface area contributed by atoms with E-state index < -0.39 is 5.54 Å². The summed E-state index contributed by atoms with van der Waals surface area (Å²) in [6.45, 7) is 10.3. The number of piperazine rings is 1. The third-order valence-corrected chi connectivity index (χ3v) is 7.79. The predicted molar refractivity (Wildman–Crippen MR) is 148 cm³/mol. The zero-order chi connectivity index (χ0) is 27.2. The van der Waals surface area contributed by atoms with E-state index in [1.807, 2.05) is 17.9 Å². The molecule has 0 radical (unpaired) electrons. The highest BCUT2D eigenvalue weighted by Gasteiger charge is 2.52. The maximum Gasteiger partial charge on any atom is 0.251 e. The van der Waals surface area contributed by atoms with E-state index in [4.69, 9.17) is 15.0 Å². The number of hydrogen-bond acceptors (Lipinski definition) is 11. The SMILES string of the molecule is CN1CCN(c2nc(Nc3cc(C4CC4)[nH]n3)nc(N3CC(C)(C)CC3(C)C(=O)Nc3cnccn3)n2)CC1. The summed E-state index contributed by atoms with van der Waals surface area (Å²) < 4.78 is 0. The van der Waals surface area contributed by atoms with Crippen molar-refractivity contribution in [2.24, 2.45) is 5.41 Å². The van der Waals surface area contributed by atoms with Crippen molar-refractivity contribution in [3.63, 3.8) is 0 Å². The topological polar surface area (TPSA) is 144 Å². The summed E-state index contributed by atoms with van der Waals surface area (Å²) in [5.41, 5.74) is 0.0646. The van der Waals surface area contributed by atoms with Crippen LogP contribution in [0.25, 0.3) is 0 Å². The molecule has 0 bridgehead atoms. The first-order valence-corrected chi connectivity index (χ1v) is 13.6. The molecular formula is C26H36N12O. The Hall–Kier alpha value is -3.87. The van der Waals surface area contributed by atoms with Crippen molar-refractivity contribution < 1.29 is 4.79 Å². The number of aromatic amines is 1. The number of hydrogen-bond donors (Lipinski definition) is 3. The number of rotatable bonds is 7. The maximum absolute atomic E-state index is 13.7. The summed E-state index contributed by atoms with van der Waals surface area (Å²) in [4.78, 5) is 43.1. The molecule has 3 aromatic rings. The van der Waals surface area contributed by atoms with Crippen molar-refractivity contribution in [3.05, 3.63) is 30.4 Å². The summed E-state index contributed by atoms with van der Waals surface area (Å²) >= 11 is 0. The Morgan fingerprint density at radius 2 is 1.79 bits per heavy atom. The first-order valence-electron chi connectivity index (χ1n) is 13.6. The number of nitrogens with zero attached hydrogens (tertiary/aromatic N) is 9. The van der Waals surface area contributed by atoms with Crippen molar-refractivity contribution in [1.82, 2.24) is 40.0 Å². The molecule has 3 fully saturated rings. The van der Waals surface area contributed by atoms with Crippen LogP contribution in [-0.4, -0.2) is 91.2 Å². The van der Waals surface area contributed by atoms with Gasteiger partial charge in [0.2, 0.25) is 17.8 Å². The Morgan fingerprint density at radius 3 is 2.51 bits per heavy atom. The van der Waals surface area contributed by atoms with Gasteiger partial charge < -0.3 is 25.3 Å². The Labute approximate surface area is 227 Å². The zero-order valence-electron chi connectivity index (χ0n) is 23.0. The van der Waals surface area contributed by atoms with Gasteiger partial charge in [0.1, 0.15) is 5.54 Å². The van der Waals surface area contributed by atoms with Crippen molar-refractivity contribution in [2.75, 3.05) is 60.2 Å². The molecule has 39 heavy (non-hydrogen) atoms. The third-order valence-electron chi connectivity index (χ3n) is 7.79. The first-order chi connectivity index (χ1) is 18.7. The average molecular weight is 533 g/mol. The molecule has 2 aliphatic heterocycles. The van der Waals surface area contributed by atoms with Crippen LogP contribution in [0.4, 0.5) is 29.5 Å². The van der Waals surface area contributed by atoms with Crippen LogP contribution in [0.5, 0.6) is 0 Å². The zero-order valence-corrected chi connectivity index (χ0v) is 23.0. The molecule has 0 aromatic carbocycles. The number of aromatic nitrogens is 7. The Kier molecular flexibility index (Phi) is 6.32. The second-order valence-corrected chi connectivity index (χ2v) is 11.9. The largest absolute Gasteiger partial charge is 0.338 e. The lowest BCUT2D eigenvalue weighted by Crippen LogP contribution is -2.52. The summed E-state index contributed by atoms with van der Waals surface area (Å²) in [6, 6.07) is 2.02. The van der Waals surface area contributed by atoms with Crippen LogP contribution in [0.1, 0.15) is 51.6 Å². The van der Waals surface area contributed by atoms with Crippen LogP contribution in [0.15, 0.2) is 24.7 Å². The van der Waals surface area contributed by atoms with E-state index in [-0.39, 0.29) is 11.3 Å². The number of H-pyrrole nitrogens is 1. The van der Waals surface area contributed by atoms with Crippen LogP contribution < -0.4 is 20.4 Å². The molecule has 1 saturated carbocycles. The van der Waals surface area contributed by atoms with Crippen LogP contribution in [0, 0.1) is 5.41 Å². The highest BCUT2D eigenvalue weighted by molar-refractivity contribution is 5.99. The smallest absolute Gasteiger partial charge is 0.251 e. The first kappa shape index (κ1) is 25.4. The fourth-order valence-electron chi connectivity index (χ4n) is 5.59. The molecule has 13 nitrogen and oxygen atoms in total. The van der Waals surface area contributed by atoms with Gasteiger partial charge in [-0.1, -0.05) is 13.8 Å². The Morgan fingerprint density at radius 1 is 1.03 bits per heavy atom. The van der Waals surface area contributed by atoms with Crippen LogP contribution in [0.2, 0.25) is 0 Å². The molecule has 1 unspecified atom stereocenters. The van der Waals surface area contributed by atoms with E-state index in [1.165, 1.54) is 12.8 Å². The molecule has 2 saturated heterocycles. The molecule has 6 rings (SSSR count). The lowest BCUT2D eigenvalue weighted by atomic mass is 9.84. The lowest BCUT2D eigenvalue weighted by molar-refractivity contribution is -0.120. The van der Waals surface area contributed by atoms with Crippen molar-refractivity contribution >= 4 is 35.4 Å².